The Morgan fingerprint density at radius 2 is 2.19 bits per heavy atom. The van der Waals surface area contributed by atoms with E-state index < -0.39 is 0 Å². The normalized spacial score (nSPS) is 25.0. The average molecular weight is 309 g/mol. The molecule has 1 saturated heterocycles. The lowest BCUT2D eigenvalue weighted by atomic mass is 10.1. The number of hydrogen-bond acceptors (Lipinski definition) is 5. The van der Waals surface area contributed by atoms with Crippen molar-refractivity contribution in [2.24, 2.45) is 5.92 Å². The van der Waals surface area contributed by atoms with Crippen LogP contribution >= 0.6 is 11.3 Å². The topological polar surface area (TPSA) is 37.4 Å². The molecule has 2 heterocycles. The highest BCUT2D eigenvalue weighted by Gasteiger charge is 2.39. The van der Waals surface area contributed by atoms with E-state index in [1.807, 2.05) is 11.3 Å². The zero-order valence-corrected chi connectivity index (χ0v) is 14.4. The fraction of sp³-hybridized carbons (Fsp3) is 0.812. The van der Waals surface area contributed by atoms with Gasteiger partial charge in [0.25, 0.3) is 0 Å². The molecule has 1 N–H and O–H groups in total. The molecule has 0 radical (unpaired) electrons. The number of piperidine rings is 1. The van der Waals surface area contributed by atoms with Crippen molar-refractivity contribution >= 4 is 16.5 Å². The molecule has 1 aliphatic heterocycles. The standard InChI is InChI=1S/C16H27N3OS/c1-16(2,3)17-8-14-13(10-20-4)18-15(21-14)19-9-11-5-6-12(19)7-11/h11-12,17H,5-10H2,1-4H3. The van der Waals surface area contributed by atoms with Crippen LogP contribution < -0.4 is 10.2 Å². The largest absolute Gasteiger partial charge is 0.378 e. The van der Waals surface area contributed by atoms with Gasteiger partial charge in [-0.2, -0.15) is 0 Å². The molecule has 0 spiro atoms. The van der Waals surface area contributed by atoms with E-state index >= 15 is 0 Å². The zero-order chi connectivity index (χ0) is 15.0. The Kier molecular flexibility index (Phi) is 4.26. The van der Waals surface area contributed by atoms with Crippen molar-refractivity contribution in [1.82, 2.24) is 10.3 Å². The molecule has 2 atom stereocenters. The summed E-state index contributed by atoms with van der Waals surface area (Å²) in [6, 6.07) is 0.736. The van der Waals surface area contributed by atoms with Crippen LogP contribution in [0.1, 0.15) is 50.6 Å². The maximum atomic E-state index is 5.34. The van der Waals surface area contributed by atoms with Gasteiger partial charge in [0, 0.05) is 36.7 Å². The predicted octanol–water partition coefficient (Wildman–Crippen LogP) is 3.17. The third-order valence-corrected chi connectivity index (χ3v) is 5.62. The Balaban J connectivity index is 1.76. The van der Waals surface area contributed by atoms with Crippen molar-refractivity contribution in [3.63, 3.8) is 0 Å². The first-order valence-electron chi connectivity index (χ1n) is 7.95. The maximum absolute atomic E-state index is 5.34. The summed E-state index contributed by atoms with van der Waals surface area (Å²) in [5.74, 6) is 0.904. The second kappa shape index (κ2) is 5.86. The van der Waals surface area contributed by atoms with Gasteiger partial charge in [-0.15, -0.1) is 11.3 Å². The Morgan fingerprint density at radius 1 is 1.38 bits per heavy atom. The van der Waals surface area contributed by atoms with E-state index in [4.69, 9.17) is 9.72 Å². The van der Waals surface area contributed by atoms with Crippen molar-refractivity contribution in [2.45, 2.75) is 64.8 Å². The van der Waals surface area contributed by atoms with Gasteiger partial charge in [-0.25, -0.2) is 4.98 Å². The Labute approximate surface area is 131 Å². The van der Waals surface area contributed by atoms with E-state index in [1.165, 1.54) is 35.8 Å². The average Bonchev–Trinajstić information content (AvgIpc) is 3.10. The number of methoxy groups -OCH3 is 1. The van der Waals surface area contributed by atoms with Crippen molar-refractivity contribution in [3.8, 4) is 0 Å². The summed E-state index contributed by atoms with van der Waals surface area (Å²) in [4.78, 5) is 8.74. The molecular formula is C16H27N3OS. The van der Waals surface area contributed by atoms with Crippen molar-refractivity contribution in [1.29, 1.82) is 0 Å². The predicted molar refractivity (Wildman–Crippen MR) is 87.9 cm³/mol. The monoisotopic (exact) mass is 309 g/mol. The van der Waals surface area contributed by atoms with Gasteiger partial charge in [0.15, 0.2) is 5.13 Å². The van der Waals surface area contributed by atoms with Crippen LogP contribution in [0.3, 0.4) is 0 Å². The summed E-state index contributed by atoms with van der Waals surface area (Å²) in [6.45, 7) is 9.29. The lowest BCUT2D eigenvalue weighted by Gasteiger charge is -2.26. The van der Waals surface area contributed by atoms with Crippen molar-refractivity contribution in [3.05, 3.63) is 10.6 Å². The SMILES string of the molecule is COCc1nc(N2CC3CCC2C3)sc1CNC(C)(C)C. The second-order valence-corrected chi connectivity index (χ2v) is 8.45. The molecule has 3 rings (SSSR count). The van der Waals surface area contributed by atoms with Crippen LogP contribution in [0.5, 0.6) is 0 Å². The highest BCUT2D eigenvalue weighted by molar-refractivity contribution is 7.15. The number of anilines is 1. The fourth-order valence-electron chi connectivity index (χ4n) is 3.38. The minimum atomic E-state index is 0.126. The molecule has 0 aromatic carbocycles. The number of nitrogens with one attached hydrogen (secondary N) is 1. The quantitative estimate of drug-likeness (QED) is 0.906. The number of nitrogens with zero attached hydrogens (tertiary/aromatic N) is 2. The van der Waals surface area contributed by atoms with Crippen molar-refractivity contribution in [2.75, 3.05) is 18.6 Å². The Hall–Kier alpha value is -0.650. The van der Waals surface area contributed by atoms with Gasteiger partial charge < -0.3 is 15.0 Å². The van der Waals surface area contributed by atoms with Crippen molar-refractivity contribution < 1.29 is 4.74 Å². The lowest BCUT2D eigenvalue weighted by molar-refractivity contribution is 0.181. The van der Waals surface area contributed by atoms with Gasteiger partial charge in [-0.05, 0) is 46.0 Å². The molecule has 2 fully saturated rings. The number of fused-ring (bicyclic) bond motifs is 2. The number of rotatable bonds is 5. The van der Waals surface area contributed by atoms with E-state index in [9.17, 15) is 0 Å². The Morgan fingerprint density at radius 3 is 2.76 bits per heavy atom. The summed E-state index contributed by atoms with van der Waals surface area (Å²) < 4.78 is 5.34. The van der Waals surface area contributed by atoms with Crippen LogP contribution in [0.15, 0.2) is 0 Å². The van der Waals surface area contributed by atoms with Gasteiger partial charge >= 0.3 is 0 Å². The molecule has 2 aliphatic rings. The zero-order valence-electron chi connectivity index (χ0n) is 13.6. The van der Waals surface area contributed by atoms with Crippen LogP contribution in [0, 0.1) is 5.92 Å². The van der Waals surface area contributed by atoms with E-state index in [0.717, 1.165) is 24.2 Å². The van der Waals surface area contributed by atoms with Gasteiger partial charge in [0.2, 0.25) is 0 Å². The second-order valence-electron chi connectivity index (χ2n) is 7.39. The van der Waals surface area contributed by atoms with Crippen LogP contribution in [-0.2, 0) is 17.9 Å². The molecule has 2 unspecified atom stereocenters. The smallest absolute Gasteiger partial charge is 0.186 e. The minimum absolute atomic E-state index is 0.126. The van der Waals surface area contributed by atoms with E-state index in [-0.39, 0.29) is 5.54 Å². The first-order valence-corrected chi connectivity index (χ1v) is 8.77. The van der Waals surface area contributed by atoms with Crippen LogP contribution in [0.25, 0.3) is 0 Å². The van der Waals surface area contributed by atoms with E-state index in [2.05, 4.69) is 31.0 Å². The molecule has 4 nitrogen and oxygen atoms in total. The van der Waals surface area contributed by atoms with Crippen LogP contribution in [-0.4, -0.2) is 30.2 Å². The number of thiazole rings is 1. The Bertz CT molecular complexity index is 494. The molecule has 0 amide bonds. The van der Waals surface area contributed by atoms with Crippen LogP contribution in [0.4, 0.5) is 5.13 Å². The first kappa shape index (κ1) is 15.3. The molecule has 1 aliphatic carbocycles. The van der Waals surface area contributed by atoms with Gasteiger partial charge in [0.05, 0.1) is 12.3 Å². The maximum Gasteiger partial charge on any atom is 0.186 e. The fourth-order valence-corrected chi connectivity index (χ4v) is 4.47. The van der Waals surface area contributed by atoms with E-state index in [1.54, 1.807) is 7.11 Å². The summed E-state index contributed by atoms with van der Waals surface area (Å²) in [7, 11) is 1.75. The summed E-state index contributed by atoms with van der Waals surface area (Å²) >= 11 is 1.85. The van der Waals surface area contributed by atoms with Crippen LogP contribution in [0.2, 0.25) is 0 Å². The first-order chi connectivity index (χ1) is 9.96. The summed E-state index contributed by atoms with van der Waals surface area (Å²) in [5.41, 5.74) is 1.23. The summed E-state index contributed by atoms with van der Waals surface area (Å²) in [6.07, 6.45) is 4.13. The summed E-state index contributed by atoms with van der Waals surface area (Å²) in [5, 5.41) is 4.78. The molecule has 1 aromatic rings. The third kappa shape index (κ3) is 3.41. The molecule has 5 heteroatoms. The molecule has 21 heavy (non-hydrogen) atoms. The number of aromatic nitrogens is 1. The highest BCUT2D eigenvalue weighted by atomic mass is 32.1. The number of ether oxygens (including phenoxy) is 1. The molecule has 1 aromatic heterocycles. The molecular weight excluding hydrogens is 282 g/mol. The molecule has 118 valence electrons. The minimum Gasteiger partial charge on any atom is -0.378 e. The van der Waals surface area contributed by atoms with Gasteiger partial charge in [-0.3, -0.25) is 0 Å². The third-order valence-electron chi connectivity index (χ3n) is 4.48. The van der Waals surface area contributed by atoms with Gasteiger partial charge in [-0.1, -0.05) is 0 Å². The lowest BCUT2D eigenvalue weighted by Crippen LogP contribution is -2.35. The molecule has 2 bridgehead atoms. The molecule has 1 saturated carbocycles. The number of hydrogen-bond donors (Lipinski definition) is 1. The van der Waals surface area contributed by atoms with E-state index in [0.29, 0.717) is 6.61 Å². The highest BCUT2D eigenvalue weighted by Crippen LogP contribution is 2.42. The van der Waals surface area contributed by atoms with Gasteiger partial charge in [0.1, 0.15) is 0 Å².